The molecule has 1 aromatic carbocycles. The van der Waals surface area contributed by atoms with Crippen molar-refractivity contribution in [2.75, 3.05) is 25.1 Å². The van der Waals surface area contributed by atoms with Gasteiger partial charge in [0.2, 0.25) is 10.0 Å². The third kappa shape index (κ3) is 5.13. The molecule has 1 N–H and O–H groups in total. The Labute approximate surface area is 135 Å². The molecule has 0 amide bonds. The monoisotopic (exact) mass is 407 g/mol. The highest BCUT2D eigenvalue weighted by atomic mass is 79.9. The lowest BCUT2D eigenvalue weighted by Gasteiger charge is -2.09. The second-order valence-corrected chi connectivity index (χ2v) is 7.04. The standard InChI is InChI=1S/C11H13BrCl2FNO3S/c12-4-7-19-6-1-5-16-20(17,18)9-3-2-8(13)11(15)10(9)14/h2-3,16H,1,4-7H2. The largest absolute Gasteiger partial charge is 0.381 e. The molecule has 1 rings (SSSR count). The van der Waals surface area contributed by atoms with E-state index in [9.17, 15) is 12.8 Å². The topological polar surface area (TPSA) is 55.4 Å². The zero-order valence-electron chi connectivity index (χ0n) is 10.3. The molecule has 0 heterocycles. The molecule has 4 nitrogen and oxygen atoms in total. The normalized spacial score (nSPS) is 11.8. The Balaban J connectivity index is 2.63. The van der Waals surface area contributed by atoms with E-state index in [1.165, 1.54) is 0 Å². The quantitative estimate of drug-likeness (QED) is 0.408. The first kappa shape index (κ1) is 18.1. The van der Waals surface area contributed by atoms with Crippen molar-refractivity contribution in [3.05, 3.63) is 28.0 Å². The fraction of sp³-hybridized carbons (Fsp3) is 0.455. The Hall–Kier alpha value is 0.0800. The summed E-state index contributed by atoms with van der Waals surface area (Å²) in [6.07, 6.45) is 0.500. The Morgan fingerprint density at radius 1 is 1.30 bits per heavy atom. The predicted molar refractivity (Wildman–Crippen MR) is 80.8 cm³/mol. The van der Waals surface area contributed by atoms with Gasteiger partial charge in [-0.3, -0.25) is 0 Å². The summed E-state index contributed by atoms with van der Waals surface area (Å²) in [6.45, 7) is 1.16. The lowest BCUT2D eigenvalue weighted by atomic mass is 10.3. The summed E-state index contributed by atoms with van der Waals surface area (Å²) in [6, 6.07) is 2.31. The van der Waals surface area contributed by atoms with Gasteiger partial charge in [0.1, 0.15) is 4.90 Å². The number of sulfonamides is 1. The van der Waals surface area contributed by atoms with Crippen molar-refractivity contribution in [3.63, 3.8) is 0 Å². The molecule has 0 bridgehead atoms. The van der Waals surface area contributed by atoms with Gasteiger partial charge in [0, 0.05) is 18.5 Å². The number of alkyl halides is 1. The van der Waals surface area contributed by atoms with Crippen LogP contribution in [0.5, 0.6) is 0 Å². The number of hydrogen-bond acceptors (Lipinski definition) is 3. The summed E-state index contributed by atoms with van der Waals surface area (Å²) in [5.41, 5.74) is 0. The summed E-state index contributed by atoms with van der Waals surface area (Å²) in [5, 5.41) is -0.0177. The van der Waals surface area contributed by atoms with Gasteiger partial charge in [0.15, 0.2) is 5.82 Å². The minimum Gasteiger partial charge on any atom is -0.381 e. The molecule has 20 heavy (non-hydrogen) atoms. The summed E-state index contributed by atoms with van der Waals surface area (Å²) in [7, 11) is -3.87. The van der Waals surface area contributed by atoms with Crippen LogP contribution < -0.4 is 4.72 Å². The molecule has 114 valence electrons. The average Bonchev–Trinajstić information content (AvgIpc) is 2.39. The second-order valence-electron chi connectivity index (χ2n) is 3.73. The molecule has 9 heteroatoms. The minimum absolute atomic E-state index is 0.172. The van der Waals surface area contributed by atoms with Crippen LogP contribution in [0.4, 0.5) is 4.39 Å². The number of nitrogens with one attached hydrogen (secondary N) is 1. The van der Waals surface area contributed by atoms with Crippen molar-refractivity contribution in [1.29, 1.82) is 0 Å². The Morgan fingerprint density at radius 3 is 2.65 bits per heavy atom. The zero-order chi connectivity index (χ0) is 15.2. The smallest absolute Gasteiger partial charge is 0.242 e. The van der Waals surface area contributed by atoms with E-state index in [1.54, 1.807) is 0 Å². The van der Waals surface area contributed by atoms with Gasteiger partial charge < -0.3 is 4.74 Å². The van der Waals surface area contributed by atoms with Crippen LogP contribution in [0.2, 0.25) is 10.0 Å². The molecule has 1 aromatic rings. The van der Waals surface area contributed by atoms with Gasteiger partial charge in [-0.15, -0.1) is 0 Å². The van der Waals surface area contributed by atoms with Crippen molar-refractivity contribution in [2.45, 2.75) is 11.3 Å². The molecule has 0 aliphatic heterocycles. The van der Waals surface area contributed by atoms with Gasteiger partial charge in [-0.2, -0.15) is 0 Å². The van der Waals surface area contributed by atoms with Crippen molar-refractivity contribution in [1.82, 2.24) is 4.72 Å². The van der Waals surface area contributed by atoms with Crippen molar-refractivity contribution >= 4 is 49.2 Å². The Bertz CT molecular complexity index is 557. The van der Waals surface area contributed by atoms with Crippen LogP contribution in [0.3, 0.4) is 0 Å². The molecule has 0 unspecified atom stereocenters. The fourth-order valence-electron chi connectivity index (χ4n) is 1.33. The van der Waals surface area contributed by atoms with E-state index in [0.717, 1.165) is 17.5 Å². The Morgan fingerprint density at radius 2 is 2.00 bits per heavy atom. The van der Waals surface area contributed by atoms with Gasteiger partial charge in [0.05, 0.1) is 16.7 Å². The number of rotatable bonds is 8. The van der Waals surface area contributed by atoms with Crippen LogP contribution in [0.15, 0.2) is 17.0 Å². The lowest BCUT2D eigenvalue weighted by Crippen LogP contribution is -2.26. The highest BCUT2D eigenvalue weighted by Crippen LogP contribution is 2.29. The molecule has 0 saturated heterocycles. The molecular weight excluding hydrogens is 396 g/mol. The van der Waals surface area contributed by atoms with E-state index in [2.05, 4.69) is 20.7 Å². The molecule has 0 aliphatic carbocycles. The maximum absolute atomic E-state index is 13.5. The van der Waals surface area contributed by atoms with E-state index in [0.29, 0.717) is 19.6 Å². The molecule has 0 saturated carbocycles. The second kappa shape index (κ2) is 8.51. The maximum atomic E-state index is 13.5. The average molecular weight is 409 g/mol. The number of benzene rings is 1. The molecule has 0 atom stereocenters. The lowest BCUT2D eigenvalue weighted by molar-refractivity contribution is 0.149. The fourth-order valence-corrected chi connectivity index (χ4v) is 3.38. The minimum atomic E-state index is -3.87. The van der Waals surface area contributed by atoms with Crippen LogP contribution in [-0.4, -0.2) is 33.5 Å². The van der Waals surface area contributed by atoms with Gasteiger partial charge in [-0.1, -0.05) is 39.1 Å². The third-order valence-electron chi connectivity index (χ3n) is 2.27. The van der Waals surface area contributed by atoms with E-state index < -0.39 is 20.9 Å². The van der Waals surface area contributed by atoms with Gasteiger partial charge in [-0.25, -0.2) is 17.5 Å². The first-order chi connectivity index (χ1) is 9.40. The highest BCUT2D eigenvalue weighted by molar-refractivity contribution is 9.09. The molecular formula is C11H13BrCl2FNO3S. The SMILES string of the molecule is O=S(=O)(NCCCOCCBr)c1ccc(Cl)c(F)c1Cl. The number of hydrogen-bond donors (Lipinski definition) is 1. The van der Waals surface area contributed by atoms with Crippen molar-refractivity contribution in [2.24, 2.45) is 0 Å². The Kier molecular flexibility index (Phi) is 7.71. The van der Waals surface area contributed by atoms with Crippen LogP contribution in [0.1, 0.15) is 6.42 Å². The first-order valence-electron chi connectivity index (χ1n) is 5.67. The maximum Gasteiger partial charge on any atom is 0.242 e. The zero-order valence-corrected chi connectivity index (χ0v) is 14.2. The van der Waals surface area contributed by atoms with Gasteiger partial charge in [-0.05, 0) is 18.6 Å². The van der Waals surface area contributed by atoms with Crippen LogP contribution in [-0.2, 0) is 14.8 Å². The molecule has 0 aliphatic rings. The van der Waals surface area contributed by atoms with Crippen LogP contribution in [0.25, 0.3) is 0 Å². The van der Waals surface area contributed by atoms with E-state index in [1.807, 2.05) is 0 Å². The predicted octanol–water partition coefficient (Wildman–Crippen LogP) is 3.21. The number of ether oxygens (including phenoxy) is 1. The van der Waals surface area contributed by atoms with Gasteiger partial charge in [0.25, 0.3) is 0 Å². The summed E-state index contributed by atoms with van der Waals surface area (Å²) in [4.78, 5) is -0.331. The third-order valence-corrected chi connectivity index (χ3v) is 4.87. The van der Waals surface area contributed by atoms with Crippen LogP contribution in [0, 0.1) is 5.82 Å². The summed E-state index contributed by atoms with van der Waals surface area (Å²) < 4.78 is 44.9. The van der Waals surface area contributed by atoms with E-state index in [4.69, 9.17) is 27.9 Å². The first-order valence-corrected chi connectivity index (χ1v) is 9.03. The van der Waals surface area contributed by atoms with E-state index in [-0.39, 0.29) is 16.5 Å². The van der Waals surface area contributed by atoms with Crippen LogP contribution >= 0.6 is 39.1 Å². The summed E-state index contributed by atoms with van der Waals surface area (Å²) >= 11 is 14.4. The van der Waals surface area contributed by atoms with Gasteiger partial charge >= 0.3 is 0 Å². The van der Waals surface area contributed by atoms with Crippen molar-refractivity contribution in [3.8, 4) is 0 Å². The number of halogens is 4. The van der Waals surface area contributed by atoms with Crippen molar-refractivity contribution < 1.29 is 17.5 Å². The highest BCUT2D eigenvalue weighted by Gasteiger charge is 2.21. The molecule has 0 aromatic heterocycles. The molecule has 0 radical (unpaired) electrons. The summed E-state index contributed by atoms with van der Waals surface area (Å²) in [5.74, 6) is -0.947. The molecule has 0 fully saturated rings. The molecule has 0 spiro atoms. The van der Waals surface area contributed by atoms with E-state index >= 15 is 0 Å².